The Labute approximate surface area is 200 Å². The van der Waals surface area contributed by atoms with Crippen molar-refractivity contribution in [2.45, 2.75) is 122 Å². The molecule has 1 aliphatic rings. The van der Waals surface area contributed by atoms with Crippen LogP contribution in [0.3, 0.4) is 0 Å². The molecule has 0 bridgehead atoms. The number of hydrogen-bond donors (Lipinski definition) is 0. The van der Waals surface area contributed by atoms with Gasteiger partial charge in [-0.1, -0.05) is 139 Å². The lowest BCUT2D eigenvalue weighted by atomic mass is 9.89. The van der Waals surface area contributed by atoms with Crippen molar-refractivity contribution in [3.8, 4) is 0 Å². The first-order valence-corrected chi connectivity index (χ1v) is 13.9. The van der Waals surface area contributed by atoms with Crippen molar-refractivity contribution in [1.82, 2.24) is 0 Å². The minimum Gasteiger partial charge on any atom is -0.103 e. The second kappa shape index (κ2) is 17.9. The normalized spacial score (nSPS) is 17.0. The number of unbranched alkanes of at least 4 members (excludes halogenated alkanes) is 2. The molecule has 0 heterocycles. The molecule has 0 saturated heterocycles. The third-order valence-electron chi connectivity index (χ3n) is 7.30. The second-order valence-electron chi connectivity index (χ2n) is 10.0. The molecule has 0 aromatic heterocycles. The Balaban J connectivity index is 2.01. The molecule has 0 nitrogen and oxygen atoms in total. The third-order valence-corrected chi connectivity index (χ3v) is 7.30. The van der Waals surface area contributed by atoms with Crippen molar-refractivity contribution >= 4 is 0 Å². The molecular formula is C32H50. The summed E-state index contributed by atoms with van der Waals surface area (Å²) in [6, 6.07) is 18.5. The molecule has 0 N–H and O–H groups in total. The predicted octanol–water partition coefficient (Wildman–Crippen LogP) is 10.5. The van der Waals surface area contributed by atoms with Crippen LogP contribution in [0.2, 0.25) is 0 Å². The highest BCUT2D eigenvalue weighted by atomic mass is 14.2. The van der Waals surface area contributed by atoms with Gasteiger partial charge in [0.1, 0.15) is 0 Å². The number of aryl methyl sites for hydroxylation is 1. The fourth-order valence-electron chi connectivity index (χ4n) is 5.23. The van der Waals surface area contributed by atoms with E-state index in [1.165, 1.54) is 114 Å². The maximum atomic E-state index is 3.99. The molecule has 178 valence electrons. The van der Waals surface area contributed by atoms with Crippen molar-refractivity contribution in [3.05, 3.63) is 72.3 Å². The fraction of sp³-hybridized carbons (Fsp3) is 0.625. The molecule has 1 fully saturated rings. The summed E-state index contributed by atoms with van der Waals surface area (Å²) in [5.74, 6) is 1.51. The second-order valence-corrected chi connectivity index (χ2v) is 10.0. The Morgan fingerprint density at radius 1 is 0.781 bits per heavy atom. The van der Waals surface area contributed by atoms with E-state index < -0.39 is 0 Å². The van der Waals surface area contributed by atoms with Crippen molar-refractivity contribution < 1.29 is 0 Å². The van der Waals surface area contributed by atoms with Crippen LogP contribution < -0.4 is 0 Å². The molecule has 2 rings (SSSR count). The van der Waals surface area contributed by atoms with Gasteiger partial charge >= 0.3 is 0 Å². The molecule has 1 aromatic rings. The minimum atomic E-state index is 0.730. The van der Waals surface area contributed by atoms with Gasteiger partial charge in [0.2, 0.25) is 0 Å². The fourth-order valence-corrected chi connectivity index (χ4v) is 5.23. The first kappa shape index (κ1) is 26.7. The first-order chi connectivity index (χ1) is 15.8. The average molecular weight is 435 g/mol. The van der Waals surface area contributed by atoms with Gasteiger partial charge in [-0.2, -0.15) is 0 Å². The summed E-state index contributed by atoms with van der Waals surface area (Å²) < 4.78 is 0. The average Bonchev–Trinajstić information content (AvgIpc) is 2.87. The summed E-state index contributed by atoms with van der Waals surface area (Å²) in [6.45, 7) is 6.28. The molecule has 1 saturated carbocycles. The van der Waals surface area contributed by atoms with Gasteiger partial charge in [-0.15, -0.1) is 6.58 Å². The van der Waals surface area contributed by atoms with Gasteiger partial charge in [0.05, 0.1) is 0 Å². The zero-order chi connectivity index (χ0) is 22.7. The molecule has 0 amide bonds. The van der Waals surface area contributed by atoms with E-state index in [0.717, 1.165) is 18.3 Å². The van der Waals surface area contributed by atoms with E-state index in [2.05, 4.69) is 68.1 Å². The van der Waals surface area contributed by atoms with E-state index in [0.29, 0.717) is 0 Å². The lowest BCUT2D eigenvalue weighted by Gasteiger charge is -2.16. The van der Waals surface area contributed by atoms with E-state index in [4.69, 9.17) is 0 Å². The van der Waals surface area contributed by atoms with Crippen LogP contribution in [0.15, 0.2) is 61.2 Å². The standard InChI is InChI=1S/C32H50/c1-3-5-12-20-29(19-4-2)27-28-30-21-15-17-25-32(26-18-16-22-30)31-23-13-10-8-6-7-9-11-14-24-31/h4,15-18,21-22,25-26,29,31H,2-3,5-14,19-20,23-24,27-28H2,1H3. The molecule has 0 radical (unpaired) electrons. The number of hydrogen-bond acceptors (Lipinski definition) is 0. The molecule has 0 spiro atoms. The Bertz CT molecular complexity index is 617. The summed E-state index contributed by atoms with van der Waals surface area (Å²) in [6.07, 6.45) is 25.2. The Morgan fingerprint density at radius 2 is 1.34 bits per heavy atom. The zero-order valence-electron chi connectivity index (χ0n) is 21.1. The molecule has 1 atom stereocenters. The molecule has 1 aromatic carbocycles. The molecule has 32 heavy (non-hydrogen) atoms. The summed E-state index contributed by atoms with van der Waals surface area (Å²) in [7, 11) is 0. The highest BCUT2D eigenvalue weighted by Gasteiger charge is 2.11. The molecule has 0 aliphatic heterocycles. The van der Waals surface area contributed by atoms with Gasteiger partial charge < -0.3 is 0 Å². The van der Waals surface area contributed by atoms with Crippen LogP contribution in [0, 0.1) is 5.92 Å². The monoisotopic (exact) mass is 434 g/mol. The first-order valence-electron chi connectivity index (χ1n) is 13.9. The number of rotatable bonds is 10. The predicted molar refractivity (Wildman–Crippen MR) is 144 cm³/mol. The third kappa shape index (κ3) is 11.9. The van der Waals surface area contributed by atoms with Gasteiger partial charge in [0, 0.05) is 0 Å². The van der Waals surface area contributed by atoms with Crippen LogP contribution in [-0.2, 0) is 6.42 Å². The lowest BCUT2D eigenvalue weighted by Crippen LogP contribution is -2.01. The molecule has 0 heteroatoms. The van der Waals surface area contributed by atoms with Crippen LogP contribution in [0.4, 0.5) is 0 Å². The zero-order valence-corrected chi connectivity index (χ0v) is 21.1. The number of allylic oxidation sites excluding steroid dienone is 1. The highest BCUT2D eigenvalue weighted by Crippen LogP contribution is 2.29. The quantitative estimate of drug-likeness (QED) is 0.254. The van der Waals surface area contributed by atoms with Crippen LogP contribution in [0.1, 0.15) is 127 Å². The molecule has 1 aliphatic carbocycles. The summed E-state index contributed by atoms with van der Waals surface area (Å²) in [5.41, 5.74) is 2.98. The molecule has 1 unspecified atom stereocenters. The van der Waals surface area contributed by atoms with Crippen molar-refractivity contribution in [3.63, 3.8) is 0 Å². The van der Waals surface area contributed by atoms with Crippen LogP contribution in [0.5, 0.6) is 0 Å². The Morgan fingerprint density at radius 3 is 1.91 bits per heavy atom. The van der Waals surface area contributed by atoms with Gasteiger partial charge in [-0.05, 0) is 55.1 Å². The van der Waals surface area contributed by atoms with E-state index in [1.54, 1.807) is 0 Å². The maximum Gasteiger partial charge on any atom is -0.0162 e. The van der Waals surface area contributed by atoms with Crippen molar-refractivity contribution in [2.75, 3.05) is 0 Å². The summed E-state index contributed by atoms with van der Waals surface area (Å²) >= 11 is 0. The maximum absolute atomic E-state index is 3.99. The largest absolute Gasteiger partial charge is 0.103 e. The van der Waals surface area contributed by atoms with Gasteiger partial charge in [0.25, 0.3) is 0 Å². The minimum absolute atomic E-state index is 0.730. The topological polar surface area (TPSA) is 0 Å². The van der Waals surface area contributed by atoms with E-state index >= 15 is 0 Å². The summed E-state index contributed by atoms with van der Waals surface area (Å²) in [4.78, 5) is 0. The van der Waals surface area contributed by atoms with Crippen molar-refractivity contribution in [2.24, 2.45) is 5.92 Å². The van der Waals surface area contributed by atoms with E-state index in [9.17, 15) is 0 Å². The lowest BCUT2D eigenvalue weighted by molar-refractivity contribution is 0.433. The van der Waals surface area contributed by atoms with E-state index in [1.807, 2.05) is 0 Å². The van der Waals surface area contributed by atoms with Gasteiger partial charge in [-0.3, -0.25) is 0 Å². The van der Waals surface area contributed by atoms with Crippen LogP contribution >= 0.6 is 0 Å². The van der Waals surface area contributed by atoms with Gasteiger partial charge in [0.15, 0.2) is 0 Å². The van der Waals surface area contributed by atoms with Gasteiger partial charge in [-0.25, -0.2) is 0 Å². The Kier molecular flexibility index (Phi) is 15.0. The summed E-state index contributed by atoms with van der Waals surface area (Å²) in [5, 5.41) is 0. The smallest absolute Gasteiger partial charge is 0.0162 e. The molecular weight excluding hydrogens is 384 g/mol. The van der Waals surface area contributed by atoms with E-state index in [-0.39, 0.29) is 0 Å². The SMILES string of the molecule is C=CCC(CCCCC)CCc1ccccc(C2CCCCCCCCCC2)cccc1. The van der Waals surface area contributed by atoms with Crippen molar-refractivity contribution in [1.29, 1.82) is 0 Å². The highest BCUT2D eigenvalue weighted by molar-refractivity contribution is 5.19. The van der Waals surface area contributed by atoms with Crippen LogP contribution in [-0.4, -0.2) is 0 Å². The Hall–Kier alpha value is -1.56. The van der Waals surface area contributed by atoms with Crippen LogP contribution in [0.25, 0.3) is 0 Å².